The summed E-state index contributed by atoms with van der Waals surface area (Å²) < 4.78 is 10.6. The minimum Gasteiger partial charge on any atom is -0.461 e. The molecule has 2 rings (SSSR count). The van der Waals surface area contributed by atoms with Gasteiger partial charge in [0.1, 0.15) is 13.2 Å². The van der Waals surface area contributed by atoms with Crippen LogP contribution in [0.15, 0.2) is 60.7 Å². The SMILES string of the molecule is O=C(CCCCCCCCCCCC(=O)OCc1ccccc1)OCc1ccccc1. The van der Waals surface area contributed by atoms with E-state index in [2.05, 4.69) is 0 Å². The van der Waals surface area contributed by atoms with E-state index in [0.717, 1.165) is 49.7 Å². The van der Waals surface area contributed by atoms with Crippen molar-refractivity contribution in [3.05, 3.63) is 71.8 Å². The van der Waals surface area contributed by atoms with E-state index >= 15 is 0 Å². The summed E-state index contributed by atoms with van der Waals surface area (Å²) in [4.78, 5) is 23.5. The molecule has 0 fully saturated rings. The lowest BCUT2D eigenvalue weighted by molar-refractivity contribution is -0.146. The molecular weight excluding hydrogens is 388 g/mol. The van der Waals surface area contributed by atoms with Gasteiger partial charge in [0, 0.05) is 12.8 Å². The third-order valence-corrected chi connectivity index (χ3v) is 5.25. The molecule has 0 spiro atoms. The Balaban J connectivity index is 1.32. The van der Waals surface area contributed by atoms with Crippen LogP contribution in [0.3, 0.4) is 0 Å². The molecule has 0 atom stereocenters. The Bertz CT molecular complexity index is 664. The summed E-state index contributed by atoms with van der Waals surface area (Å²) in [7, 11) is 0. The predicted octanol–water partition coefficient (Wildman–Crippen LogP) is 6.76. The molecule has 0 saturated heterocycles. The Labute approximate surface area is 187 Å². The highest BCUT2D eigenvalue weighted by atomic mass is 16.5. The molecule has 2 aromatic carbocycles. The number of carbonyl (C=O) groups excluding carboxylic acids is 2. The smallest absolute Gasteiger partial charge is 0.306 e. The molecule has 0 heterocycles. The van der Waals surface area contributed by atoms with E-state index in [9.17, 15) is 9.59 Å². The van der Waals surface area contributed by atoms with Crippen LogP contribution in [0.4, 0.5) is 0 Å². The van der Waals surface area contributed by atoms with Gasteiger partial charge in [0.15, 0.2) is 0 Å². The van der Waals surface area contributed by atoms with Crippen molar-refractivity contribution in [2.24, 2.45) is 0 Å². The Hall–Kier alpha value is -2.62. The molecule has 0 aliphatic heterocycles. The highest BCUT2D eigenvalue weighted by Gasteiger charge is 2.04. The molecule has 31 heavy (non-hydrogen) atoms. The van der Waals surface area contributed by atoms with Gasteiger partial charge in [0.25, 0.3) is 0 Å². The van der Waals surface area contributed by atoms with Gasteiger partial charge in [-0.25, -0.2) is 0 Å². The van der Waals surface area contributed by atoms with Crippen LogP contribution >= 0.6 is 0 Å². The first-order chi connectivity index (χ1) is 15.2. The molecule has 0 radical (unpaired) electrons. The van der Waals surface area contributed by atoms with Gasteiger partial charge in [-0.2, -0.15) is 0 Å². The summed E-state index contributed by atoms with van der Waals surface area (Å²) in [6, 6.07) is 19.6. The molecule has 168 valence electrons. The number of benzene rings is 2. The third-order valence-electron chi connectivity index (χ3n) is 5.25. The maximum absolute atomic E-state index is 11.8. The lowest BCUT2D eigenvalue weighted by atomic mass is 10.1. The molecule has 0 amide bonds. The molecule has 0 aliphatic carbocycles. The minimum atomic E-state index is -0.105. The minimum absolute atomic E-state index is 0.105. The van der Waals surface area contributed by atoms with Gasteiger partial charge in [0.05, 0.1) is 0 Å². The standard InChI is InChI=1S/C27H36O4/c28-26(30-22-24-16-10-8-11-17-24)20-14-6-4-2-1-3-5-7-15-21-27(29)31-23-25-18-12-9-13-19-25/h8-13,16-19H,1-7,14-15,20-23H2. The van der Waals surface area contributed by atoms with E-state index in [1.54, 1.807) is 0 Å². The van der Waals surface area contributed by atoms with Gasteiger partial charge < -0.3 is 9.47 Å². The van der Waals surface area contributed by atoms with Crippen LogP contribution in [-0.2, 0) is 32.3 Å². The summed E-state index contributed by atoms with van der Waals surface area (Å²) in [5, 5.41) is 0. The number of ether oxygens (including phenoxy) is 2. The Morgan fingerprint density at radius 3 is 1.16 bits per heavy atom. The highest BCUT2D eigenvalue weighted by Crippen LogP contribution is 2.12. The van der Waals surface area contributed by atoms with Crippen molar-refractivity contribution >= 4 is 11.9 Å². The summed E-state index contributed by atoms with van der Waals surface area (Å²) in [6.07, 6.45) is 10.9. The van der Waals surface area contributed by atoms with Crippen LogP contribution in [0.2, 0.25) is 0 Å². The molecular formula is C27H36O4. The second-order valence-electron chi connectivity index (χ2n) is 7.97. The van der Waals surface area contributed by atoms with Gasteiger partial charge in [-0.1, -0.05) is 106 Å². The van der Waals surface area contributed by atoms with E-state index in [4.69, 9.17) is 9.47 Å². The monoisotopic (exact) mass is 424 g/mol. The van der Waals surface area contributed by atoms with Crippen LogP contribution in [0.25, 0.3) is 0 Å². The van der Waals surface area contributed by atoms with Gasteiger partial charge >= 0.3 is 11.9 Å². The maximum atomic E-state index is 11.8. The van der Waals surface area contributed by atoms with E-state index < -0.39 is 0 Å². The van der Waals surface area contributed by atoms with Gasteiger partial charge in [0.2, 0.25) is 0 Å². The number of hydrogen-bond donors (Lipinski definition) is 0. The lowest BCUT2D eigenvalue weighted by Crippen LogP contribution is -2.04. The first kappa shape index (κ1) is 24.6. The number of rotatable bonds is 16. The lowest BCUT2D eigenvalue weighted by Gasteiger charge is -2.06. The maximum Gasteiger partial charge on any atom is 0.306 e. The Morgan fingerprint density at radius 2 is 0.806 bits per heavy atom. The third kappa shape index (κ3) is 12.6. The molecule has 2 aromatic rings. The fourth-order valence-electron chi connectivity index (χ4n) is 3.40. The average Bonchev–Trinajstić information content (AvgIpc) is 2.81. The average molecular weight is 425 g/mol. The van der Waals surface area contributed by atoms with Crippen molar-refractivity contribution in [3.8, 4) is 0 Å². The number of hydrogen-bond acceptors (Lipinski definition) is 4. The fraction of sp³-hybridized carbons (Fsp3) is 0.481. The van der Waals surface area contributed by atoms with Crippen molar-refractivity contribution < 1.29 is 19.1 Å². The van der Waals surface area contributed by atoms with Crippen molar-refractivity contribution in [1.82, 2.24) is 0 Å². The predicted molar refractivity (Wildman–Crippen MR) is 123 cm³/mol. The van der Waals surface area contributed by atoms with Crippen molar-refractivity contribution in [3.63, 3.8) is 0 Å². The van der Waals surface area contributed by atoms with Gasteiger partial charge in [-0.15, -0.1) is 0 Å². The van der Waals surface area contributed by atoms with Crippen LogP contribution in [0, 0.1) is 0 Å². The zero-order valence-corrected chi connectivity index (χ0v) is 18.6. The van der Waals surface area contributed by atoms with Crippen LogP contribution < -0.4 is 0 Å². The topological polar surface area (TPSA) is 52.6 Å². The number of esters is 2. The summed E-state index contributed by atoms with van der Waals surface area (Å²) >= 11 is 0. The van der Waals surface area contributed by atoms with Crippen molar-refractivity contribution in [1.29, 1.82) is 0 Å². The second kappa shape index (κ2) is 16.1. The number of unbranched alkanes of at least 4 members (excludes halogenated alkanes) is 8. The molecule has 0 aromatic heterocycles. The van der Waals surface area contributed by atoms with E-state index in [1.807, 2.05) is 60.7 Å². The Kier molecular flexibility index (Phi) is 12.8. The zero-order chi connectivity index (χ0) is 22.0. The summed E-state index contributed by atoms with van der Waals surface area (Å²) in [5.41, 5.74) is 2.06. The molecule has 0 unspecified atom stereocenters. The molecule has 0 aliphatic rings. The van der Waals surface area contributed by atoms with E-state index in [-0.39, 0.29) is 11.9 Å². The van der Waals surface area contributed by atoms with E-state index in [1.165, 1.54) is 19.3 Å². The Morgan fingerprint density at radius 1 is 0.484 bits per heavy atom. The number of carbonyl (C=O) groups is 2. The summed E-state index contributed by atoms with van der Waals surface area (Å²) in [5.74, 6) is -0.211. The van der Waals surface area contributed by atoms with Gasteiger partial charge in [-0.05, 0) is 24.0 Å². The van der Waals surface area contributed by atoms with Crippen LogP contribution in [-0.4, -0.2) is 11.9 Å². The van der Waals surface area contributed by atoms with E-state index in [0.29, 0.717) is 26.1 Å². The summed E-state index contributed by atoms with van der Waals surface area (Å²) in [6.45, 7) is 0.731. The second-order valence-corrected chi connectivity index (χ2v) is 7.97. The largest absolute Gasteiger partial charge is 0.461 e. The van der Waals surface area contributed by atoms with Crippen molar-refractivity contribution in [2.45, 2.75) is 83.8 Å². The normalized spacial score (nSPS) is 10.6. The quantitative estimate of drug-likeness (QED) is 0.220. The molecule has 4 heteroatoms. The zero-order valence-electron chi connectivity index (χ0n) is 18.6. The van der Waals surface area contributed by atoms with Crippen LogP contribution in [0.1, 0.15) is 81.8 Å². The van der Waals surface area contributed by atoms with Crippen LogP contribution in [0.5, 0.6) is 0 Å². The molecule has 0 N–H and O–H groups in total. The van der Waals surface area contributed by atoms with Gasteiger partial charge in [-0.3, -0.25) is 9.59 Å². The molecule has 0 bridgehead atoms. The first-order valence-corrected chi connectivity index (χ1v) is 11.6. The fourth-order valence-corrected chi connectivity index (χ4v) is 3.40. The molecule has 0 saturated carbocycles. The first-order valence-electron chi connectivity index (χ1n) is 11.6. The van der Waals surface area contributed by atoms with Crippen molar-refractivity contribution in [2.75, 3.05) is 0 Å². The highest BCUT2D eigenvalue weighted by molar-refractivity contribution is 5.69. The molecule has 4 nitrogen and oxygen atoms in total.